The topological polar surface area (TPSA) is 133 Å². The molecule has 1 heterocycles. The highest BCUT2D eigenvalue weighted by Crippen LogP contribution is 2.22. The number of H-pyrrole nitrogens is 1. The summed E-state index contributed by atoms with van der Waals surface area (Å²) in [5, 5.41) is 29.6. The van der Waals surface area contributed by atoms with Crippen molar-refractivity contribution in [1.82, 2.24) is 15.2 Å². The van der Waals surface area contributed by atoms with Crippen LogP contribution in [0.2, 0.25) is 0 Å². The Hall–Kier alpha value is -2.98. The van der Waals surface area contributed by atoms with Gasteiger partial charge in [-0.3, -0.25) is 25.7 Å². The predicted octanol–water partition coefficient (Wildman–Crippen LogP) is 3.30. The van der Waals surface area contributed by atoms with E-state index in [2.05, 4.69) is 10.3 Å². The minimum atomic E-state index is -0.870. The summed E-state index contributed by atoms with van der Waals surface area (Å²) in [6, 6.07) is 5.42. The number of carbonyl (C=O) groups excluding carboxylic acids is 1. The smallest absolute Gasteiger partial charge is 0.275 e. The zero-order valence-corrected chi connectivity index (χ0v) is 19.5. The molecule has 2 rings (SSSR count). The molecule has 172 valence electrons. The number of amides is 1. The Balaban J connectivity index is 2.25. The second-order valence-corrected chi connectivity index (χ2v) is 9.10. The van der Waals surface area contributed by atoms with Gasteiger partial charge in [-0.1, -0.05) is 23.9 Å². The number of hydrogen-bond donors (Lipinski definition) is 5. The number of carbonyl (C=O) groups is 1. The summed E-state index contributed by atoms with van der Waals surface area (Å²) in [7, 11) is 1.70. The number of aromatic amines is 1. The molecule has 0 aliphatic rings. The molecule has 1 amide bonds. The first kappa shape index (κ1) is 25.3. The van der Waals surface area contributed by atoms with Gasteiger partial charge in [0.1, 0.15) is 10.9 Å². The Morgan fingerprint density at radius 1 is 1.28 bits per heavy atom. The first-order valence-corrected chi connectivity index (χ1v) is 10.8. The number of nitrogens with zero attached hydrogens (tertiary/aromatic N) is 1. The molecular formula is C22H28FN5O3S. The minimum Gasteiger partial charge on any atom is -0.503 e. The maximum absolute atomic E-state index is 13.1. The Morgan fingerprint density at radius 3 is 2.41 bits per heavy atom. The van der Waals surface area contributed by atoms with Crippen LogP contribution in [0.25, 0.3) is 0 Å². The van der Waals surface area contributed by atoms with Crippen LogP contribution < -0.4 is 10.7 Å². The zero-order valence-electron chi connectivity index (χ0n) is 18.7. The average Bonchev–Trinajstić information content (AvgIpc) is 2.71. The molecule has 0 saturated heterocycles. The monoisotopic (exact) mass is 461 g/mol. The van der Waals surface area contributed by atoms with E-state index in [0.29, 0.717) is 5.56 Å². The van der Waals surface area contributed by atoms with Crippen LogP contribution >= 0.6 is 11.8 Å². The van der Waals surface area contributed by atoms with Crippen molar-refractivity contribution in [1.29, 1.82) is 10.8 Å². The van der Waals surface area contributed by atoms with Crippen LogP contribution in [0.1, 0.15) is 49.3 Å². The number of halogens is 1. The molecule has 0 radical (unpaired) electrons. The number of pyridine rings is 1. The van der Waals surface area contributed by atoms with E-state index < -0.39 is 22.7 Å². The van der Waals surface area contributed by atoms with Crippen molar-refractivity contribution in [2.24, 2.45) is 0 Å². The summed E-state index contributed by atoms with van der Waals surface area (Å²) in [6.45, 7) is 7.24. The maximum atomic E-state index is 13.1. The van der Waals surface area contributed by atoms with Crippen molar-refractivity contribution >= 4 is 27.8 Å². The van der Waals surface area contributed by atoms with E-state index in [-0.39, 0.29) is 39.6 Å². The molecule has 0 atom stereocenters. The minimum absolute atomic E-state index is 0.0717. The first-order valence-electron chi connectivity index (χ1n) is 9.95. The molecular weight excluding hydrogens is 433 g/mol. The highest BCUT2D eigenvalue weighted by molar-refractivity contribution is 8.26. The van der Waals surface area contributed by atoms with Crippen LogP contribution in [0.3, 0.4) is 0 Å². The summed E-state index contributed by atoms with van der Waals surface area (Å²) >= 11 is 0.744. The van der Waals surface area contributed by atoms with Crippen molar-refractivity contribution in [2.45, 2.75) is 45.8 Å². The number of rotatable bonds is 7. The largest absolute Gasteiger partial charge is 0.503 e. The predicted molar refractivity (Wildman–Crippen MR) is 125 cm³/mol. The number of aromatic nitrogens is 1. The van der Waals surface area contributed by atoms with E-state index in [9.17, 15) is 19.1 Å². The summed E-state index contributed by atoms with van der Waals surface area (Å²) in [6.07, 6.45) is 1.36. The molecule has 8 nitrogen and oxygen atoms in total. The lowest BCUT2D eigenvalue weighted by Gasteiger charge is -2.41. The molecule has 10 heteroatoms. The van der Waals surface area contributed by atoms with E-state index in [0.717, 1.165) is 11.8 Å². The van der Waals surface area contributed by atoms with E-state index in [1.165, 1.54) is 23.2 Å². The number of nitrogens with one attached hydrogen (secondary N) is 4. The lowest BCUT2D eigenvalue weighted by Crippen LogP contribution is -2.58. The molecule has 1 aromatic heterocycles. The Kier molecular flexibility index (Phi) is 7.97. The Bertz CT molecular complexity index is 1080. The number of benzene rings is 1. The molecule has 0 saturated carbocycles. The van der Waals surface area contributed by atoms with Gasteiger partial charge in [-0.25, -0.2) is 4.39 Å². The van der Waals surface area contributed by atoms with Gasteiger partial charge in [-0.15, -0.1) is 0 Å². The molecule has 32 heavy (non-hydrogen) atoms. The van der Waals surface area contributed by atoms with Gasteiger partial charge in [0.2, 0.25) is 5.43 Å². The normalized spacial score (nSPS) is 11.5. The van der Waals surface area contributed by atoms with Gasteiger partial charge in [0, 0.05) is 18.7 Å². The molecule has 0 fully saturated rings. The van der Waals surface area contributed by atoms with Crippen LogP contribution in [0.5, 0.6) is 5.75 Å². The van der Waals surface area contributed by atoms with Crippen LogP contribution in [0.4, 0.5) is 4.39 Å². The van der Waals surface area contributed by atoms with Crippen LogP contribution in [0.15, 0.2) is 35.3 Å². The van der Waals surface area contributed by atoms with Crippen LogP contribution in [-0.2, 0) is 6.42 Å². The highest BCUT2D eigenvalue weighted by Gasteiger charge is 2.34. The molecule has 2 aromatic rings. The third-order valence-corrected chi connectivity index (χ3v) is 5.78. The SMILES string of the molecule is CNC(C)(C)N(C(=O)c1[nH]cc(C(=N)SC(=N)Cc2ccc(F)cc2)c(=O)c1O)C(C)C. The van der Waals surface area contributed by atoms with Gasteiger partial charge in [0.05, 0.1) is 16.3 Å². The summed E-state index contributed by atoms with van der Waals surface area (Å²) in [5.74, 6) is -1.73. The second kappa shape index (κ2) is 10.1. The number of thioether (sulfide) groups is 1. The molecule has 0 spiro atoms. The van der Waals surface area contributed by atoms with Gasteiger partial charge in [-0.05, 0) is 52.4 Å². The van der Waals surface area contributed by atoms with Gasteiger partial charge in [0.15, 0.2) is 11.4 Å². The summed E-state index contributed by atoms with van der Waals surface area (Å²) < 4.78 is 13.0. The van der Waals surface area contributed by atoms with Crippen LogP contribution in [0, 0.1) is 16.6 Å². The third kappa shape index (κ3) is 5.63. The zero-order chi connectivity index (χ0) is 24.2. The van der Waals surface area contributed by atoms with Crippen molar-refractivity contribution in [3.63, 3.8) is 0 Å². The van der Waals surface area contributed by atoms with Gasteiger partial charge < -0.3 is 15.0 Å². The summed E-state index contributed by atoms with van der Waals surface area (Å²) in [5.41, 5.74) is -1.35. The second-order valence-electron chi connectivity index (χ2n) is 7.99. The van der Waals surface area contributed by atoms with E-state index in [4.69, 9.17) is 10.8 Å². The number of aromatic hydroxyl groups is 1. The van der Waals surface area contributed by atoms with Gasteiger partial charge >= 0.3 is 0 Å². The van der Waals surface area contributed by atoms with E-state index >= 15 is 0 Å². The van der Waals surface area contributed by atoms with Gasteiger partial charge in [-0.2, -0.15) is 0 Å². The van der Waals surface area contributed by atoms with Crippen molar-refractivity contribution in [3.05, 3.63) is 63.3 Å². The fourth-order valence-electron chi connectivity index (χ4n) is 3.23. The van der Waals surface area contributed by atoms with Gasteiger partial charge in [0.25, 0.3) is 5.91 Å². The Morgan fingerprint density at radius 2 is 1.88 bits per heavy atom. The van der Waals surface area contributed by atoms with Crippen molar-refractivity contribution in [2.75, 3.05) is 7.05 Å². The quantitative estimate of drug-likeness (QED) is 0.245. The molecule has 5 N–H and O–H groups in total. The lowest BCUT2D eigenvalue weighted by molar-refractivity contribution is 0.0364. The van der Waals surface area contributed by atoms with E-state index in [1.54, 1.807) is 33.0 Å². The maximum Gasteiger partial charge on any atom is 0.275 e. The fourth-order valence-corrected chi connectivity index (χ4v) is 3.97. The molecule has 1 aromatic carbocycles. The average molecular weight is 462 g/mol. The molecule has 0 aliphatic heterocycles. The first-order chi connectivity index (χ1) is 14.9. The van der Waals surface area contributed by atoms with Crippen molar-refractivity contribution < 1.29 is 14.3 Å². The lowest BCUT2D eigenvalue weighted by atomic mass is 10.1. The van der Waals surface area contributed by atoms with Crippen LogP contribution in [-0.4, -0.2) is 49.7 Å². The standard InChI is InChI=1S/C22H28FN5O3S/c1-12(2)28(22(3,4)26-5)21(31)17-19(30)18(29)15(11-27-17)20(25)32-16(24)10-13-6-8-14(23)9-7-13/h6-9,11-12,24-26,30H,10H2,1-5H3,(H,27,29). The molecule has 0 unspecified atom stereocenters. The van der Waals surface area contributed by atoms with E-state index in [1.807, 2.05) is 13.8 Å². The Labute approximate surface area is 190 Å². The fraction of sp³-hybridized carbons (Fsp3) is 0.364. The molecule has 0 bridgehead atoms. The number of hydrogen-bond acceptors (Lipinski definition) is 7. The third-order valence-electron chi connectivity index (χ3n) is 4.97. The highest BCUT2D eigenvalue weighted by atomic mass is 32.2. The molecule has 0 aliphatic carbocycles. The summed E-state index contributed by atoms with van der Waals surface area (Å²) in [4.78, 5) is 29.9. The van der Waals surface area contributed by atoms with Crippen molar-refractivity contribution in [3.8, 4) is 5.75 Å².